The zero-order chi connectivity index (χ0) is 18.8. The summed E-state index contributed by atoms with van der Waals surface area (Å²) in [6.45, 7) is 2.57. The molecule has 0 unspecified atom stereocenters. The number of benzene rings is 1. The van der Waals surface area contributed by atoms with Crippen molar-refractivity contribution in [2.45, 2.75) is 0 Å². The first-order valence-corrected chi connectivity index (χ1v) is 10.1. The van der Waals surface area contributed by atoms with Gasteiger partial charge in [0.1, 0.15) is 5.69 Å². The molecule has 0 atom stereocenters. The van der Waals surface area contributed by atoms with Gasteiger partial charge in [-0.3, -0.25) is 4.79 Å². The monoisotopic (exact) mass is 418 g/mol. The van der Waals surface area contributed by atoms with Crippen molar-refractivity contribution in [3.8, 4) is 10.6 Å². The third-order valence-corrected chi connectivity index (χ3v) is 5.93. The van der Waals surface area contributed by atoms with Crippen molar-refractivity contribution in [1.82, 2.24) is 15.1 Å². The fraction of sp³-hybridized carbons (Fsp3) is 0.211. The lowest BCUT2D eigenvalue weighted by Crippen LogP contribution is -2.49. The Balaban J connectivity index is 1.41. The van der Waals surface area contributed by atoms with E-state index < -0.39 is 0 Å². The van der Waals surface area contributed by atoms with E-state index in [9.17, 15) is 4.79 Å². The molecule has 138 valence electrons. The summed E-state index contributed by atoms with van der Waals surface area (Å²) in [7, 11) is 0. The minimum atomic E-state index is -0.0960. The first-order chi connectivity index (χ1) is 13.1. The van der Waals surface area contributed by atoms with Gasteiger partial charge >= 0.3 is 0 Å². The number of hydrogen-bond donors (Lipinski definition) is 0. The summed E-state index contributed by atoms with van der Waals surface area (Å²) in [5, 5.41) is 11.6. The number of rotatable bonds is 3. The molecule has 0 bridgehead atoms. The second-order valence-corrected chi connectivity index (χ2v) is 7.95. The van der Waals surface area contributed by atoms with Crippen molar-refractivity contribution in [1.29, 1.82) is 0 Å². The Bertz CT molecular complexity index is 939. The van der Waals surface area contributed by atoms with Gasteiger partial charge in [0.25, 0.3) is 5.91 Å². The molecule has 1 fully saturated rings. The second kappa shape index (κ2) is 7.84. The maximum absolute atomic E-state index is 12.7. The average Bonchev–Trinajstić information content (AvgIpc) is 3.24. The van der Waals surface area contributed by atoms with Crippen molar-refractivity contribution < 1.29 is 4.79 Å². The number of piperazine rings is 1. The largest absolute Gasteiger partial charge is 0.352 e. The van der Waals surface area contributed by atoms with E-state index in [2.05, 4.69) is 15.1 Å². The summed E-state index contributed by atoms with van der Waals surface area (Å²) in [4.78, 5) is 17.8. The second-order valence-electron chi connectivity index (χ2n) is 6.16. The Labute approximate surface area is 171 Å². The molecular weight excluding hydrogens is 403 g/mol. The molecule has 0 saturated carbocycles. The lowest BCUT2D eigenvalue weighted by Gasteiger charge is -2.35. The third-order valence-electron chi connectivity index (χ3n) is 4.47. The van der Waals surface area contributed by atoms with Crippen LogP contribution in [-0.4, -0.2) is 47.2 Å². The fourth-order valence-corrected chi connectivity index (χ4v) is 4.08. The molecular formula is C19H16Cl2N4OS. The highest BCUT2D eigenvalue weighted by molar-refractivity contribution is 7.13. The quantitative estimate of drug-likeness (QED) is 0.629. The molecule has 0 radical (unpaired) electrons. The molecule has 27 heavy (non-hydrogen) atoms. The van der Waals surface area contributed by atoms with Gasteiger partial charge in [-0.25, -0.2) is 0 Å². The number of hydrogen-bond acceptors (Lipinski definition) is 5. The van der Waals surface area contributed by atoms with Gasteiger partial charge in [-0.1, -0.05) is 29.3 Å². The lowest BCUT2D eigenvalue weighted by atomic mass is 10.1. The summed E-state index contributed by atoms with van der Waals surface area (Å²) in [5.74, 6) is 0.726. The molecule has 1 aliphatic heterocycles. The van der Waals surface area contributed by atoms with Gasteiger partial charge in [0.2, 0.25) is 0 Å². The van der Waals surface area contributed by atoms with E-state index in [-0.39, 0.29) is 5.91 Å². The predicted octanol–water partition coefficient (Wildman–Crippen LogP) is 4.47. The van der Waals surface area contributed by atoms with Gasteiger partial charge < -0.3 is 9.80 Å². The summed E-state index contributed by atoms with van der Waals surface area (Å²) in [6.07, 6.45) is 0. The van der Waals surface area contributed by atoms with E-state index >= 15 is 0 Å². The number of thiophene rings is 1. The van der Waals surface area contributed by atoms with Gasteiger partial charge in [0.15, 0.2) is 5.82 Å². The van der Waals surface area contributed by atoms with Gasteiger partial charge in [0, 0.05) is 31.2 Å². The minimum absolute atomic E-state index is 0.0960. The van der Waals surface area contributed by atoms with Crippen LogP contribution in [0.5, 0.6) is 0 Å². The Morgan fingerprint density at radius 1 is 1.00 bits per heavy atom. The van der Waals surface area contributed by atoms with E-state index in [1.165, 1.54) is 0 Å². The van der Waals surface area contributed by atoms with Crippen molar-refractivity contribution in [3.63, 3.8) is 0 Å². The number of aromatic nitrogens is 2. The Morgan fingerprint density at radius 2 is 1.81 bits per heavy atom. The highest BCUT2D eigenvalue weighted by atomic mass is 35.5. The lowest BCUT2D eigenvalue weighted by molar-refractivity contribution is 0.0746. The summed E-state index contributed by atoms with van der Waals surface area (Å²) < 4.78 is 0. The highest BCUT2D eigenvalue weighted by Gasteiger charge is 2.24. The molecule has 2 aromatic heterocycles. The van der Waals surface area contributed by atoms with Crippen LogP contribution in [0.2, 0.25) is 10.0 Å². The fourth-order valence-electron chi connectivity index (χ4n) is 3.02. The summed E-state index contributed by atoms with van der Waals surface area (Å²) in [5.41, 5.74) is 1.32. The number of nitrogens with zero attached hydrogens (tertiary/aromatic N) is 4. The maximum Gasteiger partial charge on any atom is 0.255 e. The first kappa shape index (κ1) is 18.2. The molecule has 4 rings (SSSR count). The molecule has 1 amide bonds. The molecule has 1 aromatic carbocycles. The average molecular weight is 419 g/mol. The molecule has 1 aliphatic rings. The normalized spacial score (nSPS) is 14.4. The van der Waals surface area contributed by atoms with Crippen LogP contribution in [0.15, 0.2) is 47.8 Å². The molecule has 0 aliphatic carbocycles. The molecule has 3 heterocycles. The van der Waals surface area contributed by atoms with Crippen LogP contribution in [0.4, 0.5) is 5.82 Å². The van der Waals surface area contributed by atoms with Gasteiger partial charge in [0.05, 0.1) is 15.5 Å². The third kappa shape index (κ3) is 3.93. The van der Waals surface area contributed by atoms with Gasteiger partial charge in [-0.15, -0.1) is 21.5 Å². The molecule has 0 spiro atoms. The molecule has 5 nitrogen and oxygen atoms in total. The molecule has 0 N–H and O–H groups in total. The van der Waals surface area contributed by atoms with Gasteiger partial charge in [-0.05, 0) is 41.8 Å². The van der Waals surface area contributed by atoms with Crippen LogP contribution in [0.25, 0.3) is 10.6 Å². The number of carbonyl (C=O) groups is 1. The number of halogens is 2. The van der Waals surface area contributed by atoms with Crippen LogP contribution < -0.4 is 4.90 Å². The van der Waals surface area contributed by atoms with Crippen LogP contribution in [0.1, 0.15) is 10.4 Å². The zero-order valence-electron chi connectivity index (χ0n) is 14.3. The molecule has 3 aromatic rings. The molecule has 1 saturated heterocycles. The number of carbonyl (C=O) groups excluding carboxylic acids is 1. The number of anilines is 1. The van der Waals surface area contributed by atoms with E-state index in [0.717, 1.165) is 16.4 Å². The van der Waals surface area contributed by atoms with Crippen molar-refractivity contribution in [2.75, 3.05) is 31.1 Å². The van der Waals surface area contributed by atoms with Crippen LogP contribution in [0, 0.1) is 0 Å². The Morgan fingerprint density at radius 3 is 2.48 bits per heavy atom. The topological polar surface area (TPSA) is 49.3 Å². The summed E-state index contributed by atoms with van der Waals surface area (Å²) >= 11 is 13.8. The van der Waals surface area contributed by atoms with Crippen LogP contribution in [-0.2, 0) is 0 Å². The smallest absolute Gasteiger partial charge is 0.255 e. The van der Waals surface area contributed by atoms with E-state index in [1.807, 2.05) is 29.6 Å². The number of amides is 1. The van der Waals surface area contributed by atoms with Crippen molar-refractivity contribution in [3.05, 3.63) is 63.5 Å². The van der Waals surface area contributed by atoms with Crippen LogP contribution in [0.3, 0.4) is 0 Å². The SMILES string of the molecule is O=C(c1cc(Cl)ccc1Cl)N1CCN(c2ccc(-c3cccs3)nn2)CC1. The predicted molar refractivity (Wildman–Crippen MR) is 110 cm³/mol. The van der Waals surface area contributed by atoms with E-state index in [0.29, 0.717) is 41.8 Å². The summed E-state index contributed by atoms with van der Waals surface area (Å²) in [6, 6.07) is 12.9. The maximum atomic E-state index is 12.7. The zero-order valence-corrected chi connectivity index (χ0v) is 16.6. The van der Waals surface area contributed by atoms with Crippen LogP contribution >= 0.6 is 34.5 Å². The standard InChI is InChI=1S/C19H16Cl2N4OS/c20-13-3-4-15(21)14(12-13)19(26)25-9-7-24(8-10-25)18-6-5-16(22-23-18)17-2-1-11-27-17/h1-6,11-12H,7-10H2. The Kier molecular flexibility index (Phi) is 5.29. The van der Waals surface area contributed by atoms with Crippen molar-refractivity contribution in [2.24, 2.45) is 0 Å². The van der Waals surface area contributed by atoms with Crippen molar-refractivity contribution >= 4 is 46.3 Å². The van der Waals surface area contributed by atoms with E-state index in [1.54, 1.807) is 34.4 Å². The minimum Gasteiger partial charge on any atom is -0.352 e. The Hall–Kier alpha value is -2.15. The van der Waals surface area contributed by atoms with Gasteiger partial charge in [-0.2, -0.15) is 0 Å². The first-order valence-electron chi connectivity index (χ1n) is 8.49. The van der Waals surface area contributed by atoms with E-state index in [4.69, 9.17) is 23.2 Å². The highest BCUT2D eigenvalue weighted by Crippen LogP contribution is 2.25. The molecule has 8 heteroatoms.